The van der Waals surface area contributed by atoms with E-state index in [0.717, 1.165) is 0 Å². The highest BCUT2D eigenvalue weighted by Gasteiger charge is 2.78. The second kappa shape index (κ2) is 4.43. The Labute approximate surface area is 119 Å². The molecule has 0 radical (unpaired) electrons. The number of carbonyl (C=O) groups is 3. The number of carbonyl (C=O) groups excluding carboxylic acids is 2. The van der Waals surface area contributed by atoms with Crippen molar-refractivity contribution in [3.05, 3.63) is 11.1 Å². The molecule has 0 spiro atoms. The molecule has 1 aliphatic carbocycles. The summed E-state index contributed by atoms with van der Waals surface area (Å²) >= 11 is 0. The van der Waals surface area contributed by atoms with E-state index in [1.807, 2.05) is 34.6 Å². The molecular formula is C15H23NO4. The van der Waals surface area contributed by atoms with E-state index < -0.39 is 11.4 Å². The van der Waals surface area contributed by atoms with E-state index in [9.17, 15) is 14.4 Å². The fourth-order valence-electron chi connectivity index (χ4n) is 2.76. The number of hydrogen-bond donors (Lipinski definition) is 2. The fraction of sp³-hybridized carbons (Fsp3) is 0.667. The van der Waals surface area contributed by atoms with E-state index in [1.165, 1.54) is 0 Å². The van der Waals surface area contributed by atoms with Crippen LogP contribution in [-0.4, -0.2) is 22.9 Å². The van der Waals surface area contributed by atoms with E-state index in [4.69, 9.17) is 5.11 Å². The van der Waals surface area contributed by atoms with Gasteiger partial charge in [-0.25, -0.2) is 0 Å². The SMILES string of the molecule is CC1(C)C(C)(C)C1(C)C(=O)O.CC1=C(C)C(=O)NC1=O. The summed E-state index contributed by atoms with van der Waals surface area (Å²) in [6.45, 7) is 13.2. The maximum atomic E-state index is 10.9. The van der Waals surface area contributed by atoms with Crippen LogP contribution in [0.15, 0.2) is 11.1 Å². The van der Waals surface area contributed by atoms with E-state index in [0.29, 0.717) is 11.1 Å². The largest absolute Gasteiger partial charge is 0.481 e. The second-order valence-electron chi connectivity index (χ2n) is 6.71. The molecular weight excluding hydrogens is 258 g/mol. The molecule has 1 aliphatic heterocycles. The van der Waals surface area contributed by atoms with Crippen molar-refractivity contribution in [2.45, 2.75) is 48.5 Å². The lowest BCUT2D eigenvalue weighted by molar-refractivity contribution is -0.144. The van der Waals surface area contributed by atoms with Gasteiger partial charge in [0.05, 0.1) is 5.41 Å². The average Bonchev–Trinajstić information content (AvgIpc) is 2.51. The van der Waals surface area contributed by atoms with Crippen molar-refractivity contribution < 1.29 is 19.5 Å². The number of rotatable bonds is 1. The average molecular weight is 281 g/mol. The van der Waals surface area contributed by atoms with Crippen molar-refractivity contribution in [3.8, 4) is 0 Å². The molecule has 0 saturated heterocycles. The summed E-state index contributed by atoms with van der Waals surface area (Å²) in [6.07, 6.45) is 0. The maximum absolute atomic E-state index is 10.9. The van der Waals surface area contributed by atoms with E-state index >= 15 is 0 Å². The third-order valence-electron chi connectivity index (χ3n) is 5.90. The standard InChI is InChI=1S/C9H16O2.C6H7NO2/c1-7(2)8(3,4)9(7,5)6(10)11;1-3-4(2)6(9)7-5(3)8/h1-5H3,(H,10,11);1-2H3,(H,7,8,9). The molecule has 1 heterocycles. The van der Waals surface area contributed by atoms with Crippen LogP contribution >= 0.6 is 0 Å². The minimum absolute atomic E-state index is 0.0775. The number of carboxylic acids is 1. The van der Waals surface area contributed by atoms with Crippen molar-refractivity contribution >= 4 is 17.8 Å². The van der Waals surface area contributed by atoms with Gasteiger partial charge in [-0.15, -0.1) is 0 Å². The van der Waals surface area contributed by atoms with Crippen molar-refractivity contribution in [3.63, 3.8) is 0 Å². The van der Waals surface area contributed by atoms with Gasteiger partial charge in [-0.05, 0) is 31.6 Å². The van der Waals surface area contributed by atoms with Gasteiger partial charge in [0.15, 0.2) is 0 Å². The Morgan fingerprint density at radius 1 is 0.900 bits per heavy atom. The number of carboxylic acid groups (broad SMARTS) is 1. The number of imide groups is 1. The molecule has 2 N–H and O–H groups in total. The summed E-state index contributed by atoms with van der Waals surface area (Å²) in [5.74, 6) is -1.21. The quantitative estimate of drug-likeness (QED) is 0.721. The van der Waals surface area contributed by atoms with Gasteiger partial charge in [0.25, 0.3) is 11.8 Å². The van der Waals surface area contributed by atoms with E-state index in [1.54, 1.807) is 13.8 Å². The predicted octanol–water partition coefficient (Wildman–Crippen LogP) is 2.12. The first-order valence-electron chi connectivity index (χ1n) is 6.59. The van der Waals surface area contributed by atoms with Crippen LogP contribution in [0.5, 0.6) is 0 Å². The van der Waals surface area contributed by atoms with Gasteiger partial charge in [0, 0.05) is 11.1 Å². The van der Waals surface area contributed by atoms with Crippen LogP contribution in [0.25, 0.3) is 0 Å². The lowest BCUT2D eigenvalue weighted by Crippen LogP contribution is -2.22. The molecule has 5 nitrogen and oxygen atoms in total. The Hall–Kier alpha value is -1.65. The maximum Gasteiger partial charge on any atom is 0.310 e. The number of nitrogens with one attached hydrogen (secondary N) is 1. The Balaban J connectivity index is 0.000000204. The Morgan fingerprint density at radius 2 is 1.20 bits per heavy atom. The van der Waals surface area contributed by atoms with Crippen LogP contribution < -0.4 is 5.32 Å². The van der Waals surface area contributed by atoms with Gasteiger partial charge >= 0.3 is 5.97 Å². The van der Waals surface area contributed by atoms with Gasteiger partial charge in [-0.3, -0.25) is 19.7 Å². The smallest absolute Gasteiger partial charge is 0.310 e. The highest BCUT2D eigenvalue weighted by molar-refractivity contribution is 6.18. The molecule has 0 atom stereocenters. The van der Waals surface area contributed by atoms with Crippen LogP contribution in [0.4, 0.5) is 0 Å². The Kier molecular flexibility index (Phi) is 3.64. The first-order chi connectivity index (χ1) is 8.82. The molecule has 0 aromatic heterocycles. The summed E-state index contributed by atoms with van der Waals surface area (Å²) in [7, 11) is 0. The normalized spacial score (nSPS) is 24.8. The van der Waals surface area contributed by atoms with Crippen LogP contribution in [0.3, 0.4) is 0 Å². The first-order valence-corrected chi connectivity index (χ1v) is 6.59. The van der Waals surface area contributed by atoms with Crippen LogP contribution in [-0.2, 0) is 14.4 Å². The van der Waals surface area contributed by atoms with Crippen molar-refractivity contribution in [1.29, 1.82) is 0 Å². The van der Waals surface area contributed by atoms with Crippen LogP contribution in [0, 0.1) is 16.2 Å². The predicted molar refractivity (Wildman–Crippen MR) is 74.8 cm³/mol. The van der Waals surface area contributed by atoms with Gasteiger partial charge < -0.3 is 5.11 Å². The topological polar surface area (TPSA) is 83.5 Å². The molecule has 20 heavy (non-hydrogen) atoms. The van der Waals surface area contributed by atoms with E-state index in [2.05, 4.69) is 5.32 Å². The first kappa shape index (κ1) is 16.4. The third kappa shape index (κ3) is 1.87. The van der Waals surface area contributed by atoms with Crippen molar-refractivity contribution in [2.24, 2.45) is 16.2 Å². The Morgan fingerprint density at radius 3 is 1.25 bits per heavy atom. The van der Waals surface area contributed by atoms with Crippen LogP contribution in [0.2, 0.25) is 0 Å². The Bertz CT molecular complexity index is 490. The molecule has 0 aromatic carbocycles. The zero-order valence-corrected chi connectivity index (χ0v) is 13.2. The van der Waals surface area contributed by atoms with Gasteiger partial charge in [-0.1, -0.05) is 27.7 Å². The summed E-state index contributed by atoms with van der Waals surface area (Å²) in [5.41, 5.74) is 0.359. The number of amides is 2. The number of aliphatic carboxylic acids is 1. The summed E-state index contributed by atoms with van der Waals surface area (Å²) in [6, 6.07) is 0. The zero-order chi connectivity index (χ0) is 16.1. The lowest BCUT2D eigenvalue weighted by Gasteiger charge is -2.07. The van der Waals surface area contributed by atoms with Gasteiger partial charge in [0.1, 0.15) is 0 Å². The molecule has 2 rings (SSSR count). The molecule has 0 unspecified atom stereocenters. The third-order valence-corrected chi connectivity index (χ3v) is 5.90. The van der Waals surface area contributed by atoms with Crippen molar-refractivity contribution in [2.75, 3.05) is 0 Å². The molecule has 2 aliphatic rings. The molecule has 0 bridgehead atoms. The van der Waals surface area contributed by atoms with Crippen molar-refractivity contribution in [1.82, 2.24) is 5.32 Å². The van der Waals surface area contributed by atoms with Gasteiger partial charge in [0.2, 0.25) is 0 Å². The molecule has 1 fully saturated rings. The summed E-state index contributed by atoms with van der Waals surface area (Å²) < 4.78 is 0. The highest BCUT2D eigenvalue weighted by atomic mass is 16.4. The highest BCUT2D eigenvalue weighted by Crippen LogP contribution is 2.77. The minimum atomic E-state index is -0.674. The fourth-order valence-corrected chi connectivity index (χ4v) is 2.76. The molecule has 2 amide bonds. The summed E-state index contributed by atoms with van der Waals surface area (Å²) in [4.78, 5) is 32.1. The zero-order valence-electron chi connectivity index (χ0n) is 13.2. The molecule has 5 heteroatoms. The van der Waals surface area contributed by atoms with E-state index in [-0.39, 0.29) is 22.6 Å². The second-order valence-corrected chi connectivity index (χ2v) is 6.71. The monoisotopic (exact) mass is 281 g/mol. The lowest BCUT2D eigenvalue weighted by atomic mass is 9.98. The molecule has 0 aromatic rings. The van der Waals surface area contributed by atoms with Crippen LogP contribution in [0.1, 0.15) is 48.5 Å². The number of hydrogen-bond acceptors (Lipinski definition) is 3. The molecule has 1 saturated carbocycles. The van der Waals surface area contributed by atoms with Gasteiger partial charge in [-0.2, -0.15) is 0 Å². The summed E-state index contributed by atoms with van der Waals surface area (Å²) in [5, 5.41) is 11.1. The minimum Gasteiger partial charge on any atom is -0.481 e. The molecule has 112 valence electrons.